The smallest absolute Gasteiger partial charge is 0.167 e. The van der Waals surface area contributed by atoms with E-state index in [0.717, 1.165) is 19.4 Å². The Morgan fingerprint density at radius 1 is 1.47 bits per heavy atom. The summed E-state index contributed by atoms with van der Waals surface area (Å²) in [5.41, 5.74) is 5.56. The van der Waals surface area contributed by atoms with E-state index in [0.29, 0.717) is 19.2 Å². The second-order valence-electron chi connectivity index (χ2n) is 5.39. The molecule has 0 amide bonds. The zero-order valence-corrected chi connectivity index (χ0v) is 11.2. The topological polar surface area (TPSA) is 47.7 Å². The molecule has 0 aromatic heterocycles. The van der Waals surface area contributed by atoms with Gasteiger partial charge in [-0.05, 0) is 45.8 Å². The standard InChI is InChI=1S/C13H26N2O2/c1-3-15-8-4-5-11(15)9-13(2)16-10-12(17-13)6-7-14/h11-12H,3-10,14H2,1-2H3. The van der Waals surface area contributed by atoms with Crippen molar-refractivity contribution in [3.05, 3.63) is 0 Å². The summed E-state index contributed by atoms with van der Waals surface area (Å²) in [6.07, 6.45) is 4.67. The van der Waals surface area contributed by atoms with Crippen LogP contribution in [0.3, 0.4) is 0 Å². The lowest BCUT2D eigenvalue weighted by Gasteiger charge is -2.31. The number of hydrogen-bond acceptors (Lipinski definition) is 4. The largest absolute Gasteiger partial charge is 0.347 e. The van der Waals surface area contributed by atoms with Crippen LogP contribution < -0.4 is 5.73 Å². The maximum atomic E-state index is 6.02. The summed E-state index contributed by atoms with van der Waals surface area (Å²) in [6, 6.07) is 0.627. The number of hydrogen-bond donors (Lipinski definition) is 1. The molecule has 2 rings (SSSR count). The number of ether oxygens (including phenoxy) is 2. The van der Waals surface area contributed by atoms with Gasteiger partial charge < -0.3 is 20.1 Å². The van der Waals surface area contributed by atoms with Crippen molar-refractivity contribution in [1.29, 1.82) is 0 Å². The lowest BCUT2D eigenvalue weighted by atomic mass is 10.1. The van der Waals surface area contributed by atoms with E-state index in [2.05, 4.69) is 18.7 Å². The highest BCUT2D eigenvalue weighted by molar-refractivity contribution is 4.86. The van der Waals surface area contributed by atoms with E-state index < -0.39 is 0 Å². The predicted molar refractivity (Wildman–Crippen MR) is 67.8 cm³/mol. The zero-order chi connectivity index (χ0) is 12.3. The quantitative estimate of drug-likeness (QED) is 0.790. The molecule has 4 heteroatoms. The van der Waals surface area contributed by atoms with E-state index in [4.69, 9.17) is 15.2 Å². The Morgan fingerprint density at radius 3 is 3.00 bits per heavy atom. The molecule has 0 bridgehead atoms. The van der Waals surface area contributed by atoms with Gasteiger partial charge in [0.05, 0.1) is 12.7 Å². The minimum absolute atomic E-state index is 0.196. The van der Waals surface area contributed by atoms with Crippen LogP contribution in [-0.4, -0.2) is 49.1 Å². The molecule has 17 heavy (non-hydrogen) atoms. The lowest BCUT2D eigenvalue weighted by Crippen LogP contribution is -2.38. The molecule has 100 valence electrons. The van der Waals surface area contributed by atoms with Crippen LogP contribution in [0.1, 0.15) is 39.5 Å². The Morgan fingerprint density at radius 2 is 2.29 bits per heavy atom. The molecule has 0 spiro atoms. The van der Waals surface area contributed by atoms with E-state index in [1.807, 2.05) is 0 Å². The van der Waals surface area contributed by atoms with Crippen molar-refractivity contribution in [2.24, 2.45) is 5.73 Å². The minimum Gasteiger partial charge on any atom is -0.347 e. The van der Waals surface area contributed by atoms with Gasteiger partial charge in [0.15, 0.2) is 5.79 Å². The Kier molecular flexibility index (Phi) is 4.42. The van der Waals surface area contributed by atoms with E-state index in [1.165, 1.54) is 19.4 Å². The molecule has 2 aliphatic heterocycles. The highest BCUT2D eigenvalue weighted by Gasteiger charge is 2.40. The van der Waals surface area contributed by atoms with Crippen molar-refractivity contribution in [1.82, 2.24) is 4.90 Å². The van der Waals surface area contributed by atoms with E-state index in [1.54, 1.807) is 0 Å². The normalized spacial score (nSPS) is 39.0. The monoisotopic (exact) mass is 242 g/mol. The first-order chi connectivity index (χ1) is 8.17. The van der Waals surface area contributed by atoms with Crippen molar-refractivity contribution in [3.63, 3.8) is 0 Å². The molecule has 0 saturated carbocycles. The highest BCUT2D eigenvalue weighted by Crippen LogP contribution is 2.33. The van der Waals surface area contributed by atoms with Crippen LogP contribution >= 0.6 is 0 Å². The van der Waals surface area contributed by atoms with Gasteiger partial charge in [-0.3, -0.25) is 0 Å². The second-order valence-corrected chi connectivity index (χ2v) is 5.39. The van der Waals surface area contributed by atoms with E-state index >= 15 is 0 Å². The lowest BCUT2D eigenvalue weighted by molar-refractivity contribution is -0.166. The third-order valence-electron chi connectivity index (χ3n) is 3.99. The molecule has 2 N–H and O–H groups in total. The highest BCUT2D eigenvalue weighted by atomic mass is 16.7. The van der Waals surface area contributed by atoms with Gasteiger partial charge in [0.25, 0.3) is 0 Å². The van der Waals surface area contributed by atoms with Gasteiger partial charge in [0.1, 0.15) is 0 Å². The third kappa shape index (κ3) is 3.19. The van der Waals surface area contributed by atoms with Crippen LogP contribution in [0.15, 0.2) is 0 Å². The summed E-state index contributed by atoms with van der Waals surface area (Å²) in [6.45, 7) is 8.04. The predicted octanol–water partition coefficient (Wildman–Crippen LogP) is 1.34. The van der Waals surface area contributed by atoms with Crippen molar-refractivity contribution in [2.45, 2.75) is 57.5 Å². The van der Waals surface area contributed by atoms with Crippen LogP contribution in [0.5, 0.6) is 0 Å². The fourth-order valence-corrected chi connectivity index (χ4v) is 3.10. The molecule has 0 radical (unpaired) electrons. The van der Waals surface area contributed by atoms with Gasteiger partial charge in [0, 0.05) is 12.5 Å². The molecule has 2 heterocycles. The average Bonchev–Trinajstić information content (AvgIpc) is 2.87. The van der Waals surface area contributed by atoms with E-state index in [-0.39, 0.29) is 11.9 Å². The van der Waals surface area contributed by atoms with Crippen molar-refractivity contribution in [3.8, 4) is 0 Å². The summed E-state index contributed by atoms with van der Waals surface area (Å²) >= 11 is 0. The molecule has 0 aromatic rings. The molecule has 3 atom stereocenters. The van der Waals surface area contributed by atoms with Gasteiger partial charge in [-0.25, -0.2) is 0 Å². The SMILES string of the molecule is CCN1CCCC1CC1(C)OCC(CCN)O1. The van der Waals surface area contributed by atoms with E-state index in [9.17, 15) is 0 Å². The molecule has 4 nitrogen and oxygen atoms in total. The molecular formula is C13H26N2O2. The zero-order valence-electron chi connectivity index (χ0n) is 11.2. The Hall–Kier alpha value is -0.160. The van der Waals surface area contributed by atoms with Gasteiger partial charge in [0.2, 0.25) is 0 Å². The van der Waals surface area contributed by atoms with Crippen LogP contribution in [0, 0.1) is 0 Å². The second kappa shape index (κ2) is 5.65. The number of nitrogens with zero attached hydrogens (tertiary/aromatic N) is 1. The van der Waals surface area contributed by atoms with Crippen LogP contribution in [0.2, 0.25) is 0 Å². The van der Waals surface area contributed by atoms with Gasteiger partial charge in [-0.1, -0.05) is 6.92 Å². The Bertz CT molecular complexity index is 250. The minimum atomic E-state index is -0.387. The number of rotatable bonds is 5. The van der Waals surface area contributed by atoms with Crippen molar-refractivity contribution in [2.75, 3.05) is 26.2 Å². The third-order valence-corrected chi connectivity index (χ3v) is 3.99. The Labute approximate surface area is 104 Å². The first-order valence-electron chi connectivity index (χ1n) is 6.93. The summed E-state index contributed by atoms with van der Waals surface area (Å²) < 4.78 is 11.9. The molecule has 2 fully saturated rings. The maximum Gasteiger partial charge on any atom is 0.167 e. The first kappa shape index (κ1) is 13.3. The molecule has 0 aromatic carbocycles. The fourth-order valence-electron chi connectivity index (χ4n) is 3.10. The van der Waals surface area contributed by atoms with Gasteiger partial charge in [-0.2, -0.15) is 0 Å². The first-order valence-corrected chi connectivity index (χ1v) is 6.93. The molecule has 3 unspecified atom stereocenters. The molecule has 2 aliphatic rings. The number of nitrogens with two attached hydrogens (primary N) is 1. The summed E-state index contributed by atoms with van der Waals surface area (Å²) in [4.78, 5) is 2.54. The van der Waals surface area contributed by atoms with Crippen LogP contribution in [0.25, 0.3) is 0 Å². The van der Waals surface area contributed by atoms with Crippen molar-refractivity contribution >= 4 is 0 Å². The van der Waals surface area contributed by atoms with Crippen molar-refractivity contribution < 1.29 is 9.47 Å². The molecule has 0 aliphatic carbocycles. The summed E-state index contributed by atoms with van der Waals surface area (Å²) in [5.74, 6) is -0.387. The summed E-state index contributed by atoms with van der Waals surface area (Å²) in [5, 5.41) is 0. The van der Waals surface area contributed by atoms with Crippen LogP contribution in [0.4, 0.5) is 0 Å². The summed E-state index contributed by atoms with van der Waals surface area (Å²) in [7, 11) is 0. The fraction of sp³-hybridized carbons (Fsp3) is 1.00. The molecule has 2 saturated heterocycles. The number of likely N-dealkylation sites (tertiary alicyclic amines) is 1. The average molecular weight is 242 g/mol. The molecular weight excluding hydrogens is 216 g/mol. The van der Waals surface area contributed by atoms with Crippen LogP contribution in [-0.2, 0) is 9.47 Å². The van der Waals surface area contributed by atoms with Gasteiger partial charge >= 0.3 is 0 Å². The van der Waals surface area contributed by atoms with Gasteiger partial charge in [-0.15, -0.1) is 0 Å². The maximum absolute atomic E-state index is 6.02. The Balaban J connectivity index is 1.85.